The Kier molecular flexibility index (Phi) is 4.99. The van der Waals surface area contributed by atoms with Crippen molar-refractivity contribution in [2.24, 2.45) is 0 Å². The van der Waals surface area contributed by atoms with Crippen molar-refractivity contribution in [3.05, 3.63) is 68.0 Å². The molecule has 2 nitrogen and oxygen atoms in total. The highest BCUT2D eigenvalue weighted by atomic mass is 35.5. The topological polar surface area (TPSA) is 20.3 Å². The Morgan fingerprint density at radius 3 is 2.48 bits per heavy atom. The van der Waals surface area contributed by atoms with Gasteiger partial charge in [-0.1, -0.05) is 77.0 Å². The predicted molar refractivity (Wildman–Crippen MR) is 104 cm³/mol. The highest BCUT2D eigenvalue weighted by molar-refractivity contribution is 8.27. The smallest absolute Gasteiger partial charge is 0.268 e. The summed E-state index contributed by atoms with van der Waals surface area (Å²) < 4.78 is 0.414. The Hall–Kier alpha value is -1.04. The maximum absolute atomic E-state index is 12.7. The quantitative estimate of drug-likeness (QED) is 0.452. The van der Waals surface area contributed by atoms with E-state index in [9.17, 15) is 4.79 Å². The highest BCUT2D eigenvalue weighted by Crippen LogP contribution is 2.40. The number of rotatable bonds is 2. The summed E-state index contributed by atoms with van der Waals surface area (Å²) in [7, 11) is 0. The first-order chi connectivity index (χ1) is 11.0. The average Bonchev–Trinajstić information content (AvgIpc) is 2.77. The minimum atomic E-state index is -0.232. The Bertz CT molecular complexity index is 851. The van der Waals surface area contributed by atoms with Crippen LogP contribution in [-0.4, -0.2) is 10.2 Å². The minimum Gasteiger partial charge on any atom is -0.268 e. The zero-order valence-electron chi connectivity index (χ0n) is 11.4. The number of amides is 1. The Labute approximate surface area is 158 Å². The molecule has 1 saturated heterocycles. The molecule has 1 heterocycles. The van der Waals surface area contributed by atoms with Crippen LogP contribution in [0.5, 0.6) is 0 Å². The van der Waals surface area contributed by atoms with Crippen molar-refractivity contribution < 1.29 is 4.79 Å². The van der Waals surface area contributed by atoms with E-state index in [4.69, 9.17) is 47.0 Å². The van der Waals surface area contributed by atoms with Crippen LogP contribution < -0.4 is 4.90 Å². The molecular weight excluding hydrogens is 393 g/mol. The van der Waals surface area contributed by atoms with E-state index in [0.29, 0.717) is 30.0 Å². The van der Waals surface area contributed by atoms with Crippen LogP contribution in [-0.2, 0) is 4.79 Å². The summed E-state index contributed by atoms with van der Waals surface area (Å²) >= 11 is 24.8. The Morgan fingerprint density at radius 2 is 1.78 bits per heavy atom. The number of anilines is 1. The fourth-order valence-corrected chi connectivity index (χ4v) is 4.03. The standard InChI is InChI=1S/C16H8Cl3NOS2/c17-10-5-6-13(12(19)8-10)20-15(21)14(23-16(20)22)7-9-3-1-2-4-11(9)18/h1-8H. The lowest BCUT2D eigenvalue weighted by Crippen LogP contribution is -2.27. The first-order valence-electron chi connectivity index (χ1n) is 6.45. The molecule has 0 bridgehead atoms. The van der Waals surface area contributed by atoms with Gasteiger partial charge in [-0.05, 0) is 35.9 Å². The van der Waals surface area contributed by atoms with Gasteiger partial charge >= 0.3 is 0 Å². The summed E-state index contributed by atoms with van der Waals surface area (Å²) in [6.45, 7) is 0. The van der Waals surface area contributed by atoms with Gasteiger partial charge in [-0.25, -0.2) is 0 Å². The molecule has 0 spiro atoms. The van der Waals surface area contributed by atoms with Gasteiger partial charge in [0.2, 0.25) is 0 Å². The maximum Gasteiger partial charge on any atom is 0.270 e. The van der Waals surface area contributed by atoms with Gasteiger partial charge in [0.15, 0.2) is 4.32 Å². The molecule has 0 N–H and O–H groups in total. The third-order valence-electron chi connectivity index (χ3n) is 3.14. The summed E-state index contributed by atoms with van der Waals surface area (Å²) in [4.78, 5) is 14.6. The summed E-state index contributed by atoms with van der Waals surface area (Å²) in [6.07, 6.45) is 1.73. The van der Waals surface area contributed by atoms with Crippen molar-refractivity contribution >= 4 is 80.8 Å². The van der Waals surface area contributed by atoms with Crippen LogP contribution in [0, 0.1) is 0 Å². The molecule has 0 unspecified atom stereocenters. The molecule has 23 heavy (non-hydrogen) atoms. The number of halogens is 3. The zero-order valence-corrected chi connectivity index (χ0v) is 15.3. The van der Waals surface area contributed by atoms with Gasteiger partial charge in [0.05, 0.1) is 15.6 Å². The summed E-state index contributed by atoms with van der Waals surface area (Å²) in [5, 5.41) is 1.44. The largest absolute Gasteiger partial charge is 0.270 e. The van der Waals surface area contributed by atoms with Crippen LogP contribution in [0.4, 0.5) is 5.69 Å². The SMILES string of the molecule is O=C1C(=Cc2ccccc2Cl)SC(=S)N1c1ccc(Cl)cc1Cl. The molecule has 0 saturated carbocycles. The molecule has 0 aliphatic carbocycles. The maximum atomic E-state index is 12.7. The van der Waals surface area contributed by atoms with Crippen LogP contribution >= 0.6 is 58.8 Å². The first kappa shape index (κ1) is 16.8. The number of nitrogens with zero attached hydrogens (tertiary/aromatic N) is 1. The zero-order chi connectivity index (χ0) is 16.6. The number of hydrogen-bond donors (Lipinski definition) is 0. The lowest BCUT2D eigenvalue weighted by atomic mass is 10.2. The average molecular weight is 401 g/mol. The molecule has 1 aliphatic rings. The summed E-state index contributed by atoms with van der Waals surface area (Å²) in [5.41, 5.74) is 1.28. The fraction of sp³-hybridized carbons (Fsp3) is 0. The van der Waals surface area contributed by atoms with Gasteiger partial charge in [-0.2, -0.15) is 0 Å². The van der Waals surface area contributed by atoms with E-state index >= 15 is 0 Å². The second-order valence-corrected chi connectivity index (χ2v) is 7.56. The molecule has 1 fully saturated rings. The lowest BCUT2D eigenvalue weighted by molar-refractivity contribution is -0.113. The van der Waals surface area contributed by atoms with Crippen molar-refractivity contribution in [2.75, 3.05) is 4.90 Å². The number of thiocarbonyl (C=S) groups is 1. The summed E-state index contributed by atoms with van der Waals surface area (Å²) in [6, 6.07) is 12.2. The number of hydrogen-bond acceptors (Lipinski definition) is 3. The molecule has 0 aromatic heterocycles. The summed E-state index contributed by atoms with van der Waals surface area (Å²) in [5.74, 6) is -0.232. The molecule has 0 radical (unpaired) electrons. The van der Waals surface area contributed by atoms with Gasteiger partial charge in [0.1, 0.15) is 0 Å². The van der Waals surface area contributed by atoms with E-state index < -0.39 is 0 Å². The second-order valence-electron chi connectivity index (χ2n) is 4.63. The van der Waals surface area contributed by atoms with Gasteiger partial charge in [0.25, 0.3) is 5.91 Å². The van der Waals surface area contributed by atoms with Gasteiger partial charge in [0, 0.05) is 10.0 Å². The number of benzene rings is 2. The molecule has 1 aliphatic heterocycles. The monoisotopic (exact) mass is 399 g/mol. The van der Waals surface area contributed by atoms with Crippen LogP contribution in [0.3, 0.4) is 0 Å². The van der Waals surface area contributed by atoms with Crippen molar-refractivity contribution in [1.29, 1.82) is 0 Å². The van der Waals surface area contributed by atoms with E-state index in [0.717, 1.165) is 5.56 Å². The van der Waals surface area contributed by atoms with E-state index in [2.05, 4.69) is 0 Å². The predicted octanol–water partition coefficient (Wildman–Crippen LogP) is 6.05. The van der Waals surface area contributed by atoms with Gasteiger partial charge in [-0.15, -0.1) is 0 Å². The van der Waals surface area contributed by atoms with Crippen molar-refractivity contribution in [2.45, 2.75) is 0 Å². The molecule has 0 atom stereocenters. The van der Waals surface area contributed by atoms with Crippen LogP contribution in [0.1, 0.15) is 5.56 Å². The first-order valence-corrected chi connectivity index (χ1v) is 8.81. The van der Waals surface area contributed by atoms with E-state index in [1.54, 1.807) is 30.3 Å². The van der Waals surface area contributed by atoms with Crippen molar-refractivity contribution in [1.82, 2.24) is 0 Å². The minimum absolute atomic E-state index is 0.232. The third-order valence-corrected chi connectivity index (χ3v) is 5.32. The molecule has 116 valence electrons. The van der Waals surface area contributed by atoms with Crippen LogP contribution in [0.25, 0.3) is 6.08 Å². The molecule has 3 rings (SSSR count). The molecule has 2 aromatic rings. The van der Waals surface area contributed by atoms with Crippen molar-refractivity contribution in [3.63, 3.8) is 0 Å². The number of thioether (sulfide) groups is 1. The lowest BCUT2D eigenvalue weighted by Gasteiger charge is -2.16. The highest BCUT2D eigenvalue weighted by Gasteiger charge is 2.34. The van der Waals surface area contributed by atoms with Gasteiger partial charge in [-0.3, -0.25) is 9.69 Å². The van der Waals surface area contributed by atoms with E-state index in [-0.39, 0.29) is 5.91 Å². The molecule has 7 heteroatoms. The second kappa shape index (κ2) is 6.83. The Morgan fingerprint density at radius 1 is 1.04 bits per heavy atom. The fourth-order valence-electron chi connectivity index (χ4n) is 2.07. The normalized spacial score (nSPS) is 16.5. The van der Waals surface area contributed by atoms with E-state index in [1.807, 2.05) is 18.2 Å². The van der Waals surface area contributed by atoms with Crippen LogP contribution in [0.15, 0.2) is 47.4 Å². The van der Waals surface area contributed by atoms with Gasteiger partial charge < -0.3 is 0 Å². The van der Waals surface area contributed by atoms with Crippen LogP contribution in [0.2, 0.25) is 15.1 Å². The Balaban J connectivity index is 1.99. The number of carbonyl (C=O) groups excluding carboxylic acids is 1. The number of carbonyl (C=O) groups is 1. The van der Waals surface area contributed by atoms with E-state index in [1.165, 1.54) is 16.7 Å². The molecule has 1 amide bonds. The molecule has 2 aromatic carbocycles. The molecular formula is C16H8Cl3NOS2. The van der Waals surface area contributed by atoms with Crippen molar-refractivity contribution in [3.8, 4) is 0 Å². The third kappa shape index (κ3) is 3.42.